The second-order valence-electron chi connectivity index (χ2n) is 14.3. The fraction of sp³-hybridized carbons (Fsp3) is 0.188. The molecule has 11 heteroatoms. The highest BCUT2D eigenvalue weighted by molar-refractivity contribution is 6.05. The Morgan fingerprint density at radius 1 is 0.763 bits per heavy atom. The minimum Gasteiger partial charge on any atom is -0.462 e. The Bertz CT molecular complexity index is 2460. The SMILES string of the molecule is CCCC(Cc1ccc(-c2ccccc2-c2nnnn2C(c2ccccc2)(c2ccccc2)c2ccccc2)cc1)C(=O)Nc1c([N+](=O)[O-])ccc(C)c1C(=O)OCC. The van der Waals surface area contributed by atoms with Crippen LogP contribution in [0.2, 0.25) is 0 Å². The quantitative estimate of drug-likeness (QED) is 0.0469. The van der Waals surface area contributed by atoms with Crippen molar-refractivity contribution in [3.63, 3.8) is 0 Å². The lowest BCUT2D eigenvalue weighted by atomic mass is 9.77. The monoisotopic (exact) mass is 784 g/mol. The number of hydrogen-bond donors (Lipinski definition) is 1. The van der Waals surface area contributed by atoms with Crippen molar-refractivity contribution in [1.29, 1.82) is 0 Å². The summed E-state index contributed by atoms with van der Waals surface area (Å²) < 4.78 is 7.12. The molecule has 0 aliphatic heterocycles. The number of carbonyl (C=O) groups is 2. The van der Waals surface area contributed by atoms with E-state index >= 15 is 0 Å². The zero-order chi connectivity index (χ0) is 41.4. The second-order valence-corrected chi connectivity index (χ2v) is 14.3. The summed E-state index contributed by atoms with van der Waals surface area (Å²) >= 11 is 0. The maximum atomic E-state index is 13.9. The van der Waals surface area contributed by atoms with Gasteiger partial charge in [0.1, 0.15) is 11.2 Å². The molecule has 0 bridgehead atoms. The number of nitrogens with one attached hydrogen (secondary N) is 1. The molecule has 0 saturated carbocycles. The van der Waals surface area contributed by atoms with Crippen molar-refractivity contribution in [2.45, 2.75) is 45.6 Å². The van der Waals surface area contributed by atoms with E-state index in [0.717, 1.165) is 38.9 Å². The molecule has 1 amide bonds. The lowest BCUT2D eigenvalue weighted by molar-refractivity contribution is -0.384. The molecule has 7 rings (SSSR count). The van der Waals surface area contributed by atoms with Gasteiger partial charge in [-0.2, -0.15) is 0 Å². The summed E-state index contributed by atoms with van der Waals surface area (Å²) in [7, 11) is 0. The Kier molecular flexibility index (Phi) is 12.1. The van der Waals surface area contributed by atoms with Crippen molar-refractivity contribution < 1.29 is 19.2 Å². The smallest absolute Gasteiger partial charge is 0.340 e. The van der Waals surface area contributed by atoms with Gasteiger partial charge in [0, 0.05) is 17.5 Å². The fourth-order valence-electron chi connectivity index (χ4n) is 7.86. The number of tetrazole rings is 1. The average molecular weight is 785 g/mol. The van der Waals surface area contributed by atoms with E-state index in [0.29, 0.717) is 30.7 Å². The van der Waals surface area contributed by atoms with Crippen LogP contribution in [0.3, 0.4) is 0 Å². The van der Waals surface area contributed by atoms with Crippen LogP contribution in [0.4, 0.5) is 11.4 Å². The van der Waals surface area contributed by atoms with Gasteiger partial charge in [0.2, 0.25) is 5.91 Å². The first-order valence-electron chi connectivity index (χ1n) is 19.7. The van der Waals surface area contributed by atoms with Gasteiger partial charge in [-0.3, -0.25) is 14.9 Å². The summed E-state index contributed by atoms with van der Waals surface area (Å²) in [5, 5.41) is 28.5. The minimum atomic E-state index is -0.926. The first kappa shape index (κ1) is 39.9. The molecule has 1 unspecified atom stereocenters. The first-order valence-corrected chi connectivity index (χ1v) is 19.7. The highest BCUT2D eigenvalue weighted by atomic mass is 16.6. The number of aryl methyl sites for hydroxylation is 1. The van der Waals surface area contributed by atoms with Gasteiger partial charge < -0.3 is 10.1 Å². The van der Waals surface area contributed by atoms with Gasteiger partial charge in [-0.05, 0) is 76.1 Å². The van der Waals surface area contributed by atoms with E-state index in [1.165, 1.54) is 12.1 Å². The van der Waals surface area contributed by atoms with Crippen molar-refractivity contribution in [3.05, 3.63) is 195 Å². The van der Waals surface area contributed by atoms with Crippen LogP contribution in [-0.2, 0) is 21.5 Å². The van der Waals surface area contributed by atoms with Crippen molar-refractivity contribution in [2.75, 3.05) is 11.9 Å². The Hall–Kier alpha value is -7.27. The summed E-state index contributed by atoms with van der Waals surface area (Å²) in [5.74, 6) is -1.09. The van der Waals surface area contributed by atoms with Gasteiger partial charge in [-0.25, -0.2) is 9.48 Å². The van der Waals surface area contributed by atoms with Crippen molar-refractivity contribution in [3.8, 4) is 22.5 Å². The van der Waals surface area contributed by atoms with Crippen LogP contribution in [0, 0.1) is 23.0 Å². The third-order valence-corrected chi connectivity index (χ3v) is 10.6. The fourth-order valence-corrected chi connectivity index (χ4v) is 7.86. The van der Waals surface area contributed by atoms with Gasteiger partial charge in [-0.1, -0.05) is 159 Å². The molecule has 6 aromatic carbocycles. The summed E-state index contributed by atoms with van der Waals surface area (Å²) in [6.07, 6.45) is 1.61. The van der Waals surface area contributed by atoms with E-state index in [-0.39, 0.29) is 23.5 Å². The topological polar surface area (TPSA) is 142 Å². The lowest BCUT2D eigenvalue weighted by Crippen LogP contribution is -2.39. The minimum absolute atomic E-state index is 0.0211. The number of esters is 1. The summed E-state index contributed by atoms with van der Waals surface area (Å²) in [6, 6.07) is 49.6. The molecule has 1 N–H and O–H groups in total. The van der Waals surface area contributed by atoms with Crippen LogP contribution >= 0.6 is 0 Å². The Morgan fingerprint density at radius 2 is 1.32 bits per heavy atom. The molecule has 11 nitrogen and oxygen atoms in total. The molecule has 59 heavy (non-hydrogen) atoms. The van der Waals surface area contributed by atoms with Crippen molar-refractivity contribution in [2.24, 2.45) is 5.92 Å². The average Bonchev–Trinajstić information content (AvgIpc) is 3.75. The van der Waals surface area contributed by atoms with Gasteiger partial charge >= 0.3 is 5.97 Å². The van der Waals surface area contributed by atoms with Crippen LogP contribution in [0.25, 0.3) is 22.5 Å². The molecule has 0 saturated heterocycles. The maximum Gasteiger partial charge on any atom is 0.340 e. The Balaban J connectivity index is 1.24. The molecule has 0 aliphatic carbocycles. The molecular weight excluding hydrogens is 741 g/mol. The number of rotatable bonds is 15. The Morgan fingerprint density at radius 3 is 1.86 bits per heavy atom. The summed E-state index contributed by atoms with van der Waals surface area (Å²) in [5.41, 5.74) is 5.56. The van der Waals surface area contributed by atoms with Crippen LogP contribution < -0.4 is 5.32 Å². The number of anilines is 1. The van der Waals surface area contributed by atoms with Crippen LogP contribution in [0.5, 0.6) is 0 Å². The Labute approximate surface area is 342 Å². The van der Waals surface area contributed by atoms with Gasteiger partial charge in [0.15, 0.2) is 5.82 Å². The standard InChI is InChI=1S/C48H44N6O5/c1-4-17-36(46(55)49-44-42(54(57)58)31-26-33(3)43(44)47(56)59-5-2)32-34-27-29-35(30-28-34)40-24-15-16-25-41(40)45-50-51-52-53(45)48(37-18-9-6-10-19-37,38-20-11-7-12-21-38)39-22-13-8-14-23-39/h6-16,18-31,36H,4-5,17,32H2,1-3H3,(H,49,55). The highest BCUT2D eigenvalue weighted by Gasteiger charge is 2.42. The van der Waals surface area contributed by atoms with E-state index in [9.17, 15) is 19.7 Å². The summed E-state index contributed by atoms with van der Waals surface area (Å²) in [6.45, 7) is 5.37. The molecule has 1 aromatic heterocycles. The molecule has 0 fully saturated rings. The maximum absolute atomic E-state index is 13.9. The molecular formula is C48H44N6O5. The van der Waals surface area contributed by atoms with Gasteiger partial charge in [0.25, 0.3) is 5.69 Å². The molecule has 0 aliphatic rings. The largest absolute Gasteiger partial charge is 0.462 e. The van der Waals surface area contributed by atoms with Crippen LogP contribution in [0.1, 0.15) is 64.9 Å². The van der Waals surface area contributed by atoms with E-state index in [2.05, 4.69) is 52.0 Å². The number of nitro groups is 1. The third-order valence-electron chi connectivity index (χ3n) is 10.6. The predicted molar refractivity (Wildman–Crippen MR) is 228 cm³/mol. The molecule has 0 spiro atoms. The molecule has 7 aromatic rings. The zero-order valence-corrected chi connectivity index (χ0v) is 33.1. The van der Waals surface area contributed by atoms with Crippen LogP contribution in [-0.4, -0.2) is 43.6 Å². The normalized spacial score (nSPS) is 11.8. The first-order chi connectivity index (χ1) is 28.8. The number of carbonyl (C=O) groups excluding carboxylic acids is 2. The second kappa shape index (κ2) is 17.9. The van der Waals surface area contributed by atoms with Crippen molar-refractivity contribution >= 4 is 23.3 Å². The van der Waals surface area contributed by atoms with Gasteiger partial charge in [-0.15, -0.1) is 5.10 Å². The van der Waals surface area contributed by atoms with Crippen molar-refractivity contribution in [1.82, 2.24) is 20.2 Å². The number of nitrogens with zero attached hydrogens (tertiary/aromatic N) is 5. The zero-order valence-electron chi connectivity index (χ0n) is 33.1. The molecule has 1 heterocycles. The summed E-state index contributed by atoms with van der Waals surface area (Å²) in [4.78, 5) is 38.3. The highest BCUT2D eigenvalue weighted by Crippen LogP contribution is 2.43. The number of hydrogen-bond acceptors (Lipinski definition) is 8. The molecule has 1 atom stereocenters. The van der Waals surface area contributed by atoms with E-state index in [4.69, 9.17) is 9.95 Å². The number of benzene rings is 6. The number of aromatic nitrogens is 4. The van der Waals surface area contributed by atoms with Crippen LogP contribution in [0.15, 0.2) is 152 Å². The van der Waals surface area contributed by atoms with E-state index in [1.807, 2.05) is 115 Å². The lowest BCUT2D eigenvalue weighted by Gasteiger charge is -2.36. The molecule has 0 radical (unpaired) electrons. The van der Waals surface area contributed by atoms with Gasteiger partial charge in [0.05, 0.1) is 17.1 Å². The predicted octanol–water partition coefficient (Wildman–Crippen LogP) is 9.84. The number of nitro benzene ring substituents is 1. The van der Waals surface area contributed by atoms with E-state index in [1.54, 1.807) is 13.8 Å². The number of amides is 1. The van der Waals surface area contributed by atoms with E-state index < -0.39 is 28.3 Å². The number of ether oxygens (including phenoxy) is 1. The third kappa shape index (κ3) is 8.00. The molecule has 296 valence electrons.